The lowest BCUT2D eigenvalue weighted by Gasteiger charge is -2.07. The number of primary amides is 1. The van der Waals surface area contributed by atoms with Gasteiger partial charge in [-0.05, 0) is 26.0 Å². The summed E-state index contributed by atoms with van der Waals surface area (Å²) in [7, 11) is 0. The second kappa shape index (κ2) is 4.23. The van der Waals surface area contributed by atoms with Crippen molar-refractivity contribution in [1.29, 1.82) is 0 Å². The topological polar surface area (TPSA) is 69.4 Å². The summed E-state index contributed by atoms with van der Waals surface area (Å²) < 4.78 is 4.81. The van der Waals surface area contributed by atoms with Crippen molar-refractivity contribution in [2.75, 3.05) is 0 Å². The van der Waals surface area contributed by atoms with E-state index in [0.717, 1.165) is 4.88 Å². The van der Waals surface area contributed by atoms with E-state index in [1.165, 1.54) is 18.3 Å². The molecule has 1 amide bonds. The van der Waals surface area contributed by atoms with E-state index in [1.807, 2.05) is 13.0 Å². The van der Waals surface area contributed by atoms with Gasteiger partial charge in [0.1, 0.15) is 4.88 Å². The van der Waals surface area contributed by atoms with Crippen molar-refractivity contribution in [2.24, 2.45) is 5.73 Å². The maximum Gasteiger partial charge on any atom is 0.349 e. The van der Waals surface area contributed by atoms with Gasteiger partial charge in [-0.3, -0.25) is 4.79 Å². The highest BCUT2D eigenvalue weighted by Crippen LogP contribution is 2.16. The Labute approximate surface area is 85.7 Å². The van der Waals surface area contributed by atoms with E-state index < -0.39 is 18.0 Å². The molecule has 2 N–H and O–H groups in total. The molecule has 1 aromatic rings. The Hall–Kier alpha value is -1.36. The van der Waals surface area contributed by atoms with E-state index in [0.29, 0.717) is 4.88 Å². The van der Waals surface area contributed by atoms with Gasteiger partial charge in [0.2, 0.25) is 0 Å². The van der Waals surface area contributed by atoms with Crippen LogP contribution in [0.4, 0.5) is 0 Å². The summed E-state index contributed by atoms with van der Waals surface area (Å²) in [5.41, 5.74) is 4.95. The van der Waals surface area contributed by atoms with Crippen LogP contribution in [0.15, 0.2) is 12.1 Å². The smallest absolute Gasteiger partial charge is 0.349 e. The first-order chi connectivity index (χ1) is 6.50. The van der Waals surface area contributed by atoms with Crippen LogP contribution in [0.3, 0.4) is 0 Å². The molecule has 4 nitrogen and oxygen atoms in total. The third kappa shape index (κ3) is 2.56. The van der Waals surface area contributed by atoms with Crippen molar-refractivity contribution in [2.45, 2.75) is 20.0 Å². The molecule has 1 aromatic heterocycles. The van der Waals surface area contributed by atoms with E-state index in [2.05, 4.69) is 0 Å². The zero-order valence-corrected chi connectivity index (χ0v) is 8.76. The average molecular weight is 213 g/mol. The van der Waals surface area contributed by atoms with Crippen molar-refractivity contribution in [3.05, 3.63) is 21.9 Å². The molecule has 14 heavy (non-hydrogen) atoms. The van der Waals surface area contributed by atoms with Crippen molar-refractivity contribution in [3.63, 3.8) is 0 Å². The van der Waals surface area contributed by atoms with Crippen LogP contribution in [0.5, 0.6) is 0 Å². The summed E-state index contributed by atoms with van der Waals surface area (Å²) in [6.45, 7) is 3.33. The summed E-state index contributed by atoms with van der Waals surface area (Å²) >= 11 is 1.32. The number of esters is 1. The molecule has 5 heteroatoms. The minimum absolute atomic E-state index is 0.482. The fraction of sp³-hybridized carbons (Fsp3) is 0.333. The second-order valence-electron chi connectivity index (χ2n) is 2.86. The molecule has 0 aliphatic carbocycles. The highest BCUT2D eigenvalue weighted by molar-refractivity contribution is 7.13. The molecule has 0 aromatic carbocycles. The predicted octanol–water partition coefficient (Wildman–Crippen LogP) is 1.09. The Balaban J connectivity index is 2.63. The van der Waals surface area contributed by atoms with Crippen LogP contribution in [0.25, 0.3) is 0 Å². The number of ether oxygens (including phenoxy) is 1. The lowest BCUT2D eigenvalue weighted by Crippen LogP contribution is -2.30. The van der Waals surface area contributed by atoms with Gasteiger partial charge in [-0.15, -0.1) is 11.3 Å². The molecule has 1 atom stereocenters. The summed E-state index contributed by atoms with van der Waals surface area (Å²) in [5, 5.41) is 0. The van der Waals surface area contributed by atoms with Gasteiger partial charge < -0.3 is 10.5 Å². The minimum atomic E-state index is -0.884. The van der Waals surface area contributed by atoms with Gasteiger partial charge >= 0.3 is 5.97 Å². The van der Waals surface area contributed by atoms with E-state index in [9.17, 15) is 9.59 Å². The fourth-order valence-electron chi connectivity index (χ4n) is 0.821. The molecule has 0 fully saturated rings. The molecule has 0 spiro atoms. The molecular formula is C9H11NO3S. The van der Waals surface area contributed by atoms with Gasteiger partial charge in [0.25, 0.3) is 5.91 Å². The van der Waals surface area contributed by atoms with Crippen LogP contribution in [0.1, 0.15) is 21.5 Å². The molecule has 0 saturated carbocycles. The number of hydrogen-bond acceptors (Lipinski definition) is 4. The predicted molar refractivity (Wildman–Crippen MR) is 53.1 cm³/mol. The normalized spacial score (nSPS) is 12.1. The van der Waals surface area contributed by atoms with E-state index in [1.54, 1.807) is 6.07 Å². The molecule has 0 radical (unpaired) electrons. The largest absolute Gasteiger partial charge is 0.448 e. The molecule has 0 aliphatic rings. The Bertz CT molecular complexity index is 359. The summed E-state index contributed by atoms with van der Waals surface area (Å²) in [6, 6.07) is 3.48. The Morgan fingerprint density at radius 2 is 2.14 bits per heavy atom. The van der Waals surface area contributed by atoms with Gasteiger partial charge in [-0.1, -0.05) is 0 Å². The number of hydrogen-bond donors (Lipinski definition) is 1. The SMILES string of the molecule is Cc1ccc(C(=O)O[C@H](C)C(N)=O)s1. The Morgan fingerprint density at radius 3 is 2.57 bits per heavy atom. The van der Waals surface area contributed by atoms with Crippen LogP contribution in [0, 0.1) is 6.92 Å². The summed E-state index contributed by atoms with van der Waals surface area (Å²) in [5.74, 6) is -1.15. The van der Waals surface area contributed by atoms with Crippen molar-refractivity contribution in [3.8, 4) is 0 Å². The molecule has 0 saturated heterocycles. The number of carbonyl (C=O) groups is 2. The number of rotatable bonds is 3. The van der Waals surface area contributed by atoms with Crippen LogP contribution >= 0.6 is 11.3 Å². The van der Waals surface area contributed by atoms with E-state index in [-0.39, 0.29) is 0 Å². The number of carbonyl (C=O) groups excluding carboxylic acids is 2. The van der Waals surface area contributed by atoms with Crippen molar-refractivity contribution < 1.29 is 14.3 Å². The molecule has 0 bridgehead atoms. The summed E-state index contributed by atoms with van der Waals surface area (Å²) in [6.07, 6.45) is -0.884. The van der Waals surface area contributed by atoms with Crippen LogP contribution < -0.4 is 5.73 Å². The van der Waals surface area contributed by atoms with E-state index in [4.69, 9.17) is 10.5 Å². The number of nitrogens with two attached hydrogens (primary N) is 1. The van der Waals surface area contributed by atoms with Gasteiger partial charge in [-0.2, -0.15) is 0 Å². The molecule has 0 unspecified atom stereocenters. The van der Waals surface area contributed by atoms with Crippen LogP contribution in [-0.2, 0) is 9.53 Å². The zero-order valence-electron chi connectivity index (χ0n) is 7.94. The van der Waals surface area contributed by atoms with Gasteiger partial charge in [0.15, 0.2) is 6.10 Å². The molecule has 76 valence electrons. The molecule has 1 rings (SSSR count). The van der Waals surface area contributed by atoms with Crippen LogP contribution in [0.2, 0.25) is 0 Å². The average Bonchev–Trinajstić information content (AvgIpc) is 2.51. The first-order valence-electron chi connectivity index (χ1n) is 4.07. The maximum absolute atomic E-state index is 11.4. The molecular weight excluding hydrogens is 202 g/mol. The number of thiophene rings is 1. The van der Waals surface area contributed by atoms with Crippen LogP contribution in [-0.4, -0.2) is 18.0 Å². The Kier molecular flexibility index (Phi) is 3.24. The second-order valence-corrected chi connectivity index (χ2v) is 4.15. The third-order valence-electron chi connectivity index (χ3n) is 1.63. The van der Waals surface area contributed by atoms with E-state index >= 15 is 0 Å². The molecule has 0 aliphatic heterocycles. The minimum Gasteiger partial charge on any atom is -0.448 e. The standard InChI is InChI=1S/C9H11NO3S/c1-5-3-4-7(14-5)9(12)13-6(2)8(10)11/h3-4,6H,1-2H3,(H2,10,11)/t6-/m1/s1. The first-order valence-corrected chi connectivity index (χ1v) is 4.89. The first kappa shape index (κ1) is 10.7. The highest BCUT2D eigenvalue weighted by Gasteiger charge is 2.16. The van der Waals surface area contributed by atoms with Gasteiger partial charge in [0.05, 0.1) is 0 Å². The highest BCUT2D eigenvalue weighted by atomic mass is 32.1. The zero-order chi connectivity index (χ0) is 10.7. The number of aryl methyl sites for hydroxylation is 1. The monoisotopic (exact) mass is 213 g/mol. The van der Waals surface area contributed by atoms with Crippen molar-refractivity contribution >= 4 is 23.2 Å². The Morgan fingerprint density at radius 1 is 1.50 bits per heavy atom. The van der Waals surface area contributed by atoms with Gasteiger partial charge in [0, 0.05) is 4.88 Å². The summed E-state index contributed by atoms with van der Waals surface area (Å²) in [4.78, 5) is 23.5. The molecule has 1 heterocycles. The fourth-order valence-corrected chi connectivity index (χ4v) is 1.57. The van der Waals surface area contributed by atoms with Gasteiger partial charge in [-0.25, -0.2) is 4.79 Å². The third-order valence-corrected chi connectivity index (χ3v) is 2.61. The lowest BCUT2D eigenvalue weighted by atomic mass is 10.4. The maximum atomic E-state index is 11.4. The lowest BCUT2D eigenvalue weighted by molar-refractivity contribution is -0.125. The quantitative estimate of drug-likeness (QED) is 0.764. The number of amides is 1. The van der Waals surface area contributed by atoms with Crippen molar-refractivity contribution in [1.82, 2.24) is 0 Å².